The first-order chi connectivity index (χ1) is 17.4. The lowest BCUT2D eigenvalue weighted by molar-refractivity contribution is 0.102. The minimum absolute atomic E-state index is 0.0673. The molecule has 0 unspecified atom stereocenters. The van der Waals surface area contributed by atoms with Gasteiger partial charge in [0.25, 0.3) is 11.8 Å². The summed E-state index contributed by atoms with van der Waals surface area (Å²) in [6.07, 6.45) is 5.39. The maximum atomic E-state index is 13.0. The molecule has 1 aliphatic rings. The third-order valence-corrected chi connectivity index (χ3v) is 7.26. The monoisotopic (exact) mass is 537 g/mol. The third kappa shape index (κ3) is 5.51. The quantitative estimate of drug-likeness (QED) is 0.238. The molecule has 36 heavy (non-hydrogen) atoms. The van der Waals surface area contributed by atoms with E-state index >= 15 is 0 Å². The van der Waals surface area contributed by atoms with Crippen molar-refractivity contribution in [3.63, 3.8) is 0 Å². The molecule has 7 nitrogen and oxygen atoms in total. The summed E-state index contributed by atoms with van der Waals surface area (Å²) < 4.78 is 0. The SMILES string of the molecule is O=C(Nc1ccc(Cl)cc1C(=O)Nc1ccc(Cl)cn1)c1ccc(C2(CNc3nccs3)CC2)cc1. The van der Waals surface area contributed by atoms with Crippen LogP contribution >= 0.6 is 34.5 Å². The Morgan fingerprint density at radius 2 is 1.69 bits per heavy atom. The number of pyridine rings is 1. The number of thiazole rings is 1. The van der Waals surface area contributed by atoms with Gasteiger partial charge in [0.15, 0.2) is 5.13 Å². The van der Waals surface area contributed by atoms with Gasteiger partial charge in [-0.1, -0.05) is 35.3 Å². The molecule has 2 aromatic carbocycles. The van der Waals surface area contributed by atoms with Gasteiger partial charge >= 0.3 is 0 Å². The molecule has 2 aromatic heterocycles. The highest BCUT2D eigenvalue weighted by atomic mass is 35.5. The number of carbonyl (C=O) groups is 2. The number of hydrogen-bond acceptors (Lipinski definition) is 6. The van der Waals surface area contributed by atoms with Crippen LogP contribution in [-0.2, 0) is 5.41 Å². The van der Waals surface area contributed by atoms with Gasteiger partial charge in [-0.3, -0.25) is 9.59 Å². The van der Waals surface area contributed by atoms with E-state index in [9.17, 15) is 9.59 Å². The van der Waals surface area contributed by atoms with Crippen molar-refractivity contribution in [2.75, 3.05) is 22.5 Å². The number of aromatic nitrogens is 2. The lowest BCUT2D eigenvalue weighted by Gasteiger charge is -2.17. The molecule has 3 N–H and O–H groups in total. The molecular formula is C26H21Cl2N5O2S. The van der Waals surface area contributed by atoms with Crippen LogP contribution in [0.5, 0.6) is 0 Å². The molecule has 4 aromatic rings. The van der Waals surface area contributed by atoms with E-state index in [0.717, 1.165) is 24.5 Å². The molecule has 0 saturated heterocycles. The highest BCUT2D eigenvalue weighted by Gasteiger charge is 2.44. The van der Waals surface area contributed by atoms with Crippen molar-refractivity contribution >= 4 is 63.0 Å². The Morgan fingerprint density at radius 3 is 2.36 bits per heavy atom. The van der Waals surface area contributed by atoms with Crippen molar-refractivity contribution in [3.8, 4) is 0 Å². The predicted molar refractivity (Wildman–Crippen MR) is 145 cm³/mol. The highest BCUT2D eigenvalue weighted by molar-refractivity contribution is 7.13. The summed E-state index contributed by atoms with van der Waals surface area (Å²) >= 11 is 13.6. The highest BCUT2D eigenvalue weighted by Crippen LogP contribution is 2.48. The molecule has 1 fully saturated rings. The third-order valence-electron chi connectivity index (χ3n) is 6.07. The first-order valence-electron chi connectivity index (χ1n) is 11.2. The number of nitrogens with zero attached hydrogens (tertiary/aromatic N) is 2. The fraction of sp³-hybridized carbons (Fsp3) is 0.154. The van der Waals surface area contributed by atoms with Crippen molar-refractivity contribution in [3.05, 3.63) is 99.1 Å². The fourth-order valence-electron chi connectivity index (χ4n) is 3.89. The molecule has 182 valence electrons. The average Bonchev–Trinajstić information content (AvgIpc) is 3.50. The summed E-state index contributed by atoms with van der Waals surface area (Å²) in [5.74, 6) is -0.453. The van der Waals surface area contributed by atoms with E-state index in [0.29, 0.717) is 27.1 Å². The topological polar surface area (TPSA) is 96.0 Å². The molecule has 10 heteroatoms. The fourth-order valence-corrected chi connectivity index (χ4v) is 4.70. The molecule has 1 saturated carbocycles. The maximum Gasteiger partial charge on any atom is 0.258 e. The number of carbonyl (C=O) groups excluding carboxylic acids is 2. The number of benzene rings is 2. The van der Waals surface area contributed by atoms with Gasteiger partial charge in [0.2, 0.25) is 0 Å². The summed E-state index contributed by atoms with van der Waals surface area (Å²) in [4.78, 5) is 34.3. The van der Waals surface area contributed by atoms with Gasteiger partial charge in [0.1, 0.15) is 5.82 Å². The summed E-state index contributed by atoms with van der Waals surface area (Å²) in [6.45, 7) is 0.803. The second-order valence-corrected chi connectivity index (χ2v) is 10.3. The van der Waals surface area contributed by atoms with Crippen LogP contribution in [0.4, 0.5) is 16.6 Å². The van der Waals surface area contributed by atoms with Gasteiger partial charge in [0.05, 0.1) is 16.3 Å². The molecule has 1 aliphatic carbocycles. The van der Waals surface area contributed by atoms with Crippen LogP contribution in [0.15, 0.2) is 72.4 Å². The van der Waals surface area contributed by atoms with Gasteiger partial charge in [0, 0.05) is 40.3 Å². The van der Waals surface area contributed by atoms with E-state index in [1.165, 1.54) is 17.8 Å². The number of amides is 2. The number of rotatable bonds is 8. The van der Waals surface area contributed by atoms with E-state index in [1.807, 2.05) is 17.5 Å². The van der Waals surface area contributed by atoms with E-state index in [1.54, 1.807) is 53.9 Å². The van der Waals surface area contributed by atoms with E-state index in [-0.39, 0.29) is 16.9 Å². The van der Waals surface area contributed by atoms with Gasteiger partial charge in [-0.05, 0) is 60.9 Å². The smallest absolute Gasteiger partial charge is 0.258 e. The Bertz CT molecular complexity index is 1390. The Morgan fingerprint density at radius 1 is 0.917 bits per heavy atom. The Hall–Kier alpha value is -3.46. The van der Waals surface area contributed by atoms with Crippen molar-refractivity contribution in [2.24, 2.45) is 0 Å². The zero-order valence-corrected chi connectivity index (χ0v) is 21.3. The molecule has 0 bridgehead atoms. The summed E-state index contributed by atoms with van der Waals surface area (Å²) in [5, 5.41) is 12.6. The predicted octanol–water partition coefficient (Wildman–Crippen LogP) is 6.49. The molecule has 0 aliphatic heterocycles. The van der Waals surface area contributed by atoms with E-state index < -0.39 is 5.91 Å². The minimum Gasteiger partial charge on any atom is -0.361 e. The molecule has 2 heterocycles. The summed E-state index contributed by atoms with van der Waals surface area (Å²) in [6, 6.07) is 15.5. The van der Waals surface area contributed by atoms with Gasteiger partial charge in [-0.25, -0.2) is 9.97 Å². The van der Waals surface area contributed by atoms with Crippen molar-refractivity contribution < 1.29 is 9.59 Å². The average molecular weight is 538 g/mol. The van der Waals surface area contributed by atoms with Crippen LogP contribution in [-0.4, -0.2) is 28.3 Å². The van der Waals surface area contributed by atoms with Crippen molar-refractivity contribution in [1.29, 1.82) is 0 Å². The summed E-state index contributed by atoms with van der Waals surface area (Å²) in [7, 11) is 0. The molecule has 5 rings (SSSR count). The largest absolute Gasteiger partial charge is 0.361 e. The normalized spacial score (nSPS) is 13.6. The number of hydrogen-bond donors (Lipinski definition) is 3. The van der Waals surface area contributed by atoms with Crippen LogP contribution in [0.3, 0.4) is 0 Å². The van der Waals surface area contributed by atoms with Gasteiger partial charge < -0.3 is 16.0 Å². The van der Waals surface area contributed by atoms with Crippen LogP contribution in [0.2, 0.25) is 10.0 Å². The number of nitrogens with one attached hydrogen (secondary N) is 3. The van der Waals surface area contributed by atoms with Gasteiger partial charge in [-0.15, -0.1) is 11.3 Å². The Kier molecular flexibility index (Phi) is 6.91. The Balaban J connectivity index is 1.28. The van der Waals surface area contributed by atoms with E-state index in [2.05, 4.69) is 25.9 Å². The van der Waals surface area contributed by atoms with Crippen molar-refractivity contribution in [1.82, 2.24) is 9.97 Å². The van der Waals surface area contributed by atoms with Crippen LogP contribution in [0.1, 0.15) is 39.1 Å². The molecule has 0 atom stereocenters. The zero-order valence-electron chi connectivity index (χ0n) is 18.9. The Labute approximate surface area is 221 Å². The van der Waals surface area contributed by atoms with Crippen LogP contribution in [0.25, 0.3) is 0 Å². The standard InChI is InChI=1S/C26H21Cl2N5O2S/c27-18-5-7-21(20(13-18)24(35)33-22-8-6-19(28)14-30-22)32-23(34)16-1-3-17(4-2-16)26(9-10-26)15-31-25-29-11-12-36-25/h1-8,11-14H,9-10,15H2,(H,29,31)(H,32,34)(H,30,33,35). The van der Waals surface area contributed by atoms with Crippen molar-refractivity contribution in [2.45, 2.75) is 18.3 Å². The molecule has 0 spiro atoms. The van der Waals surface area contributed by atoms with Gasteiger partial charge in [-0.2, -0.15) is 0 Å². The minimum atomic E-state index is -0.457. The van der Waals surface area contributed by atoms with E-state index in [4.69, 9.17) is 23.2 Å². The van der Waals surface area contributed by atoms with Crippen LogP contribution in [0, 0.1) is 0 Å². The zero-order chi connectivity index (χ0) is 25.1. The first kappa shape index (κ1) is 24.2. The molecular weight excluding hydrogens is 517 g/mol. The molecule has 0 radical (unpaired) electrons. The first-order valence-corrected chi connectivity index (χ1v) is 12.8. The summed E-state index contributed by atoms with van der Waals surface area (Å²) in [5.41, 5.74) is 2.30. The second-order valence-electron chi connectivity index (χ2n) is 8.51. The number of halogens is 2. The lowest BCUT2D eigenvalue weighted by Crippen LogP contribution is -2.20. The number of anilines is 3. The second kappa shape index (κ2) is 10.3. The maximum absolute atomic E-state index is 13.0. The lowest BCUT2D eigenvalue weighted by atomic mass is 9.95. The molecule has 2 amide bonds. The van der Waals surface area contributed by atoms with Crippen LogP contribution < -0.4 is 16.0 Å².